The summed E-state index contributed by atoms with van der Waals surface area (Å²) in [4.78, 5) is 6.96. The van der Waals surface area contributed by atoms with Crippen LogP contribution in [0.25, 0.3) is 10.8 Å². The van der Waals surface area contributed by atoms with Crippen LogP contribution in [-0.2, 0) is 0 Å². The van der Waals surface area contributed by atoms with E-state index in [-0.39, 0.29) is 0 Å². The minimum absolute atomic E-state index is 0.347. The van der Waals surface area contributed by atoms with E-state index in [1.807, 2.05) is 6.20 Å². The molecule has 3 rings (SSSR count). The molecule has 0 amide bonds. The molecule has 4 heteroatoms. The Kier molecular flexibility index (Phi) is 3.46. The largest absolute Gasteiger partial charge is 0.356 e. The molecule has 2 N–H and O–H groups in total. The van der Waals surface area contributed by atoms with Crippen LogP contribution in [-0.4, -0.2) is 24.1 Å². The fraction of sp³-hybridized carbons (Fsp3) is 0.400. The van der Waals surface area contributed by atoms with E-state index in [1.54, 1.807) is 0 Å². The lowest BCUT2D eigenvalue weighted by atomic mass is 10.0. The summed E-state index contributed by atoms with van der Waals surface area (Å²) in [5.74, 6) is 1.09. The molecule has 0 saturated carbocycles. The van der Waals surface area contributed by atoms with Gasteiger partial charge in [-0.25, -0.2) is 4.98 Å². The SMILES string of the molecule is Cc1cc(Br)c2ccnc(N3CCC(N)CC3)c2c1. The number of rotatable bonds is 1. The van der Waals surface area contributed by atoms with Crippen molar-refractivity contribution in [3.63, 3.8) is 0 Å². The van der Waals surface area contributed by atoms with Crippen molar-refractivity contribution < 1.29 is 0 Å². The molecule has 2 heterocycles. The monoisotopic (exact) mass is 319 g/mol. The van der Waals surface area contributed by atoms with Crippen LogP contribution in [0.5, 0.6) is 0 Å². The maximum absolute atomic E-state index is 5.98. The number of aromatic nitrogens is 1. The van der Waals surface area contributed by atoms with Gasteiger partial charge in [0.1, 0.15) is 5.82 Å². The zero-order valence-corrected chi connectivity index (χ0v) is 12.7. The highest BCUT2D eigenvalue weighted by Crippen LogP contribution is 2.32. The molecule has 3 nitrogen and oxygen atoms in total. The first-order chi connectivity index (χ1) is 9.15. The Morgan fingerprint density at radius 2 is 2.00 bits per heavy atom. The number of nitrogens with two attached hydrogens (primary N) is 1. The molecule has 19 heavy (non-hydrogen) atoms. The molecular weight excluding hydrogens is 302 g/mol. The van der Waals surface area contributed by atoms with Gasteiger partial charge in [-0.05, 0) is 43.5 Å². The molecule has 0 spiro atoms. The Hall–Kier alpha value is -1.13. The second kappa shape index (κ2) is 5.10. The number of hydrogen-bond acceptors (Lipinski definition) is 3. The van der Waals surface area contributed by atoms with Crippen LogP contribution in [0.4, 0.5) is 5.82 Å². The maximum atomic E-state index is 5.98. The standard InChI is InChI=1S/C15H18BrN3/c1-10-8-13-12(14(16)9-10)2-5-18-15(13)19-6-3-11(17)4-7-19/h2,5,8-9,11H,3-4,6-7,17H2,1H3. The van der Waals surface area contributed by atoms with Crippen molar-refractivity contribution in [2.24, 2.45) is 5.73 Å². The van der Waals surface area contributed by atoms with E-state index in [4.69, 9.17) is 5.73 Å². The summed E-state index contributed by atoms with van der Waals surface area (Å²) in [6, 6.07) is 6.78. The van der Waals surface area contributed by atoms with Crippen molar-refractivity contribution in [2.75, 3.05) is 18.0 Å². The minimum atomic E-state index is 0.347. The first-order valence-electron chi connectivity index (χ1n) is 6.70. The van der Waals surface area contributed by atoms with E-state index in [1.165, 1.54) is 16.3 Å². The van der Waals surface area contributed by atoms with Crippen LogP contribution in [0.2, 0.25) is 0 Å². The molecule has 0 unspecified atom stereocenters. The quantitative estimate of drug-likeness (QED) is 0.877. The van der Waals surface area contributed by atoms with E-state index in [2.05, 4.69) is 50.9 Å². The average Bonchev–Trinajstić information content (AvgIpc) is 2.39. The number of hydrogen-bond donors (Lipinski definition) is 1. The van der Waals surface area contributed by atoms with Crippen molar-refractivity contribution in [1.29, 1.82) is 0 Å². The van der Waals surface area contributed by atoms with E-state index in [9.17, 15) is 0 Å². The third kappa shape index (κ3) is 2.47. The van der Waals surface area contributed by atoms with E-state index in [0.717, 1.165) is 36.2 Å². The zero-order valence-electron chi connectivity index (χ0n) is 11.1. The van der Waals surface area contributed by atoms with Gasteiger partial charge < -0.3 is 10.6 Å². The maximum Gasteiger partial charge on any atom is 0.136 e. The highest BCUT2D eigenvalue weighted by atomic mass is 79.9. The lowest BCUT2D eigenvalue weighted by molar-refractivity contribution is 0.499. The molecule has 0 atom stereocenters. The van der Waals surface area contributed by atoms with Crippen LogP contribution in [0.3, 0.4) is 0 Å². The molecule has 1 fully saturated rings. The number of piperidine rings is 1. The summed E-state index contributed by atoms with van der Waals surface area (Å²) in [5.41, 5.74) is 7.23. The third-order valence-corrected chi connectivity index (χ3v) is 4.45. The molecule has 0 bridgehead atoms. The second-order valence-corrected chi connectivity index (χ2v) is 6.16. The fourth-order valence-corrected chi connectivity index (χ4v) is 3.43. The fourth-order valence-electron chi connectivity index (χ4n) is 2.72. The van der Waals surface area contributed by atoms with Gasteiger partial charge in [0.2, 0.25) is 0 Å². The van der Waals surface area contributed by atoms with Gasteiger partial charge in [0.15, 0.2) is 0 Å². The summed E-state index contributed by atoms with van der Waals surface area (Å²) in [5, 5.41) is 2.45. The smallest absolute Gasteiger partial charge is 0.136 e. The second-order valence-electron chi connectivity index (χ2n) is 5.30. The molecule has 1 aliphatic heterocycles. The van der Waals surface area contributed by atoms with Gasteiger partial charge >= 0.3 is 0 Å². The Balaban J connectivity index is 2.08. The number of nitrogens with zero attached hydrogens (tertiary/aromatic N) is 2. The van der Waals surface area contributed by atoms with E-state index < -0.39 is 0 Å². The van der Waals surface area contributed by atoms with E-state index in [0.29, 0.717) is 6.04 Å². The summed E-state index contributed by atoms with van der Waals surface area (Å²) >= 11 is 3.65. The van der Waals surface area contributed by atoms with Crippen LogP contribution in [0.1, 0.15) is 18.4 Å². The Morgan fingerprint density at radius 1 is 1.26 bits per heavy atom. The Bertz CT molecular complexity index is 604. The van der Waals surface area contributed by atoms with Crippen molar-refractivity contribution in [3.05, 3.63) is 34.4 Å². The molecular formula is C15H18BrN3. The van der Waals surface area contributed by atoms with Gasteiger partial charge in [-0.1, -0.05) is 15.9 Å². The molecule has 1 saturated heterocycles. The molecule has 2 aromatic rings. The summed E-state index contributed by atoms with van der Waals surface area (Å²) < 4.78 is 1.14. The lowest BCUT2D eigenvalue weighted by Crippen LogP contribution is -2.40. The van der Waals surface area contributed by atoms with Gasteiger partial charge in [-0.15, -0.1) is 0 Å². The number of anilines is 1. The Labute approximate surface area is 121 Å². The molecule has 1 aromatic carbocycles. The van der Waals surface area contributed by atoms with Gasteiger partial charge in [-0.2, -0.15) is 0 Å². The number of aryl methyl sites for hydroxylation is 1. The van der Waals surface area contributed by atoms with E-state index >= 15 is 0 Å². The van der Waals surface area contributed by atoms with Gasteiger partial charge in [0.25, 0.3) is 0 Å². The molecule has 0 radical (unpaired) electrons. The first-order valence-corrected chi connectivity index (χ1v) is 7.50. The summed E-state index contributed by atoms with van der Waals surface area (Å²) in [6.07, 6.45) is 3.99. The van der Waals surface area contributed by atoms with Crippen LogP contribution in [0.15, 0.2) is 28.9 Å². The first kappa shape index (κ1) is 12.9. The number of halogens is 1. The van der Waals surface area contributed by atoms with Crippen LogP contribution in [0, 0.1) is 6.92 Å². The molecule has 1 aliphatic rings. The zero-order chi connectivity index (χ0) is 13.4. The van der Waals surface area contributed by atoms with Crippen molar-refractivity contribution in [1.82, 2.24) is 4.98 Å². The predicted octanol–water partition coefficient (Wildman–Crippen LogP) is 3.23. The van der Waals surface area contributed by atoms with Gasteiger partial charge in [0, 0.05) is 40.6 Å². The van der Waals surface area contributed by atoms with Crippen molar-refractivity contribution in [2.45, 2.75) is 25.8 Å². The van der Waals surface area contributed by atoms with Crippen molar-refractivity contribution >= 4 is 32.5 Å². The van der Waals surface area contributed by atoms with Gasteiger partial charge in [0.05, 0.1) is 0 Å². The van der Waals surface area contributed by atoms with Crippen molar-refractivity contribution in [3.8, 4) is 0 Å². The average molecular weight is 320 g/mol. The highest BCUT2D eigenvalue weighted by Gasteiger charge is 2.19. The summed E-state index contributed by atoms with van der Waals surface area (Å²) in [6.45, 7) is 4.12. The number of fused-ring (bicyclic) bond motifs is 1. The molecule has 0 aliphatic carbocycles. The predicted molar refractivity (Wildman–Crippen MR) is 83.6 cm³/mol. The van der Waals surface area contributed by atoms with Crippen LogP contribution < -0.4 is 10.6 Å². The number of pyridine rings is 1. The lowest BCUT2D eigenvalue weighted by Gasteiger charge is -2.31. The molecule has 100 valence electrons. The summed E-state index contributed by atoms with van der Waals surface area (Å²) in [7, 11) is 0. The van der Waals surface area contributed by atoms with Gasteiger partial charge in [-0.3, -0.25) is 0 Å². The molecule has 1 aromatic heterocycles. The normalized spacial score (nSPS) is 17.1. The highest BCUT2D eigenvalue weighted by molar-refractivity contribution is 9.10. The minimum Gasteiger partial charge on any atom is -0.356 e. The Morgan fingerprint density at radius 3 is 2.74 bits per heavy atom. The number of benzene rings is 1. The topological polar surface area (TPSA) is 42.2 Å². The van der Waals surface area contributed by atoms with Crippen LogP contribution >= 0.6 is 15.9 Å². The third-order valence-electron chi connectivity index (χ3n) is 3.79.